The third-order valence-electron chi connectivity index (χ3n) is 4.38. The van der Waals surface area contributed by atoms with Crippen LogP contribution in [0.2, 0.25) is 0 Å². The van der Waals surface area contributed by atoms with E-state index in [1.807, 2.05) is 13.8 Å². The minimum absolute atomic E-state index is 0.0682. The number of piperidine rings is 1. The highest BCUT2D eigenvalue weighted by molar-refractivity contribution is 5.93. The van der Waals surface area contributed by atoms with Crippen LogP contribution in [-0.2, 0) is 4.79 Å². The van der Waals surface area contributed by atoms with E-state index in [1.54, 1.807) is 29.7 Å². The largest absolute Gasteiger partial charge is 0.349 e. The van der Waals surface area contributed by atoms with Crippen LogP contribution in [0.3, 0.4) is 0 Å². The second-order valence-electron chi connectivity index (χ2n) is 6.07. The zero-order chi connectivity index (χ0) is 16.2. The van der Waals surface area contributed by atoms with Crippen LogP contribution in [0.25, 0.3) is 0 Å². The Morgan fingerprint density at radius 3 is 2.36 bits per heavy atom. The maximum absolute atomic E-state index is 12.5. The van der Waals surface area contributed by atoms with Gasteiger partial charge in [-0.1, -0.05) is 19.1 Å². The van der Waals surface area contributed by atoms with Gasteiger partial charge in [-0.3, -0.25) is 14.8 Å². The summed E-state index contributed by atoms with van der Waals surface area (Å²) in [6, 6.07) is 6.66. The smallest absolute Gasteiger partial charge is 0.274 e. The Bertz CT molecular complexity index is 536. The maximum Gasteiger partial charge on any atom is 0.274 e. The van der Waals surface area contributed by atoms with Gasteiger partial charge in [0, 0.05) is 11.0 Å². The van der Waals surface area contributed by atoms with Crippen molar-refractivity contribution in [3.05, 3.63) is 35.4 Å². The molecule has 0 unspecified atom stereocenters. The first kappa shape index (κ1) is 16.5. The van der Waals surface area contributed by atoms with Crippen LogP contribution < -0.4 is 16.1 Å². The van der Waals surface area contributed by atoms with Gasteiger partial charge in [-0.25, -0.2) is 5.48 Å². The SMILES string of the molecule is C[C@@H](NC(=O)C1(C)CCNCC1)c1ccc(C(=O)NO)cc1. The first-order chi connectivity index (χ1) is 10.5. The van der Waals surface area contributed by atoms with Gasteiger partial charge >= 0.3 is 0 Å². The van der Waals surface area contributed by atoms with E-state index in [-0.39, 0.29) is 17.4 Å². The predicted molar refractivity (Wildman–Crippen MR) is 82.5 cm³/mol. The summed E-state index contributed by atoms with van der Waals surface area (Å²) in [6.45, 7) is 5.65. The molecule has 1 saturated heterocycles. The van der Waals surface area contributed by atoms with Gasteiger partial charge in [0.05, 0.1) is 6.04 Å². The van der Waals surface area contributed by atoms with Gasteiger partial charge in [0.1, 0.15) is 0 Å². The lowest BCUT2D eigenvalue weighted by Gasteiger charge is -2.33. The normalized spacial score (nSPS) is 18.3. The van der Waals surface area contributed by atoms with Crippen molar-refractivity contribution in [2.75, 3.05) is 13.1 Å². The summed E-state index contributed by atoms with van der Waals surface area (Å²) in [7, 11) is 0. The number of carbonyl (C=O) groups excluding carboxylic acids is 2. The van der Waals surface area contributed by atoms with E-state index in [0.29, 0.717) is 5.56 Å². The highest BCUT2D eigenvalue weighted by Gasteiger charge is 2.35. The van der Waals surface area contributed by atoms with Crippen LogP contribution in [0.1, 0.15) is 48.7 Å². The molecule has 2 amide bonds. The van der Waals surface area contributed by atoms with Gasteiger partial charge in [-0.05, 0) is 50.6 Å². The van der Waals surface area contributed by atoms with Crippen molar-refractivity contribution in [3.63, 3.8) is 0 Å². The molecule has 1 aromatic carbocycles. The summed E-state index contributed by atoms with van der Waals surface area (Å²) in [5.74, 6) is -0.482. The maximum atomic E-state index is 12.5. The summed E-state index contributed by atoms with van der Waals surface area (Å²) < 4.78 is 0. The van der Waals surface area contributed by atoms with Gasteiger partial charge in [0.15, 0.2) is 0 Å². The van der Waals surface area contributed by atoms with Crippen molar-refractivity contribution < 1.29 is 14.8 Å². The average Bonchev–Trinajstić information content (AvgIpc) is 2.54. The van der Waals surface area contributed by atoms with Crippen molar-refractivity contribution in [2.45, 2.75) is 32.7 Å². The zero-order valence-corrected chi connectivity index (χ0v) is 13.0. The first-order valence-electron chi connectivity index (χ1n) is 7.52. The van der Waals surface area contributed by atoms with E-state index in [9.17, 15) is 9.59 Å². The number of hydrogen-bond donors (Lipinski definition) is 4. The third-order valence-corrected chi connectivity index (χ3v) is 4.38. The predicted octanol–water partition coefficient (Wildman–Crippen LogP) is 1.37. The lowest BCUT2D eigenvalue weighted by atomic mass is 9.80. The molecule has 22 heavy (non-hydrogen) atoms. The van der Waals surface area contributed by atoms with E-state index in [0.717, 1.165) is 31.5 Å². The second-order valence-corrected chi connectivity index (χ2v) is 6.07. The molecule has 6 nitrogen and oxygen atoms in total. The standard InChI is InChI=1S/C16H23N3O3/c1-11(12-3-5-13(6-4-12)14(20)19-22)18-15(21)16(2)7-9-17-10-8-16/h3-6,11,17,22H,7-10H2,1-2H3,(H,18,21)(H,19,20)/t11-/m1/s1. The summed E-state index contributed by atoms with van der Waals surface area (Å²) in [5.41, 5.74) is 2.56. The van der Waals surface area contributed by atoms with Gasteiger partial charge in [-0.15, -0.1) is 0 Å². The van der Waals surface area contributed by atoms with Crippen LogP contribution in [0.15, 0.2) is 24.3 Å². The molecule has 120 valence electrons. The zero-order valence-electron chi connectivity index (χ0n) is 13.0. The number of hydrogen-bond acceptors (Lipinski definition) is 4. The Morgan fingerprint density at radius 1 is 1.23 bits per heavy atom. The fraction of sp³-hybridized carbons (Fsp3) is 0.500. The molecular formula is C16H23N3O3. The van der Waals surface area contributed by atoms with Gasteiger partial charge in [-0.2, -0.15) is 0 Å². The van der Waals surface area contributed by atoms with Crippen molar-refractivity contribution in [1.82, 2.24) is 16.1 Å². The fourth-order valence-corrected chi connectivity index (χ4v) is 2.65. The second kappa shape index (κ2) is 6.89. The first-order valence-corrected chi connectivity index (χ1v) is 7.52. The van der Waals surface area contributed by atoms with E-state index in [1.165, 1.54) is 0 Å². The molecule has 0 aliphatic carbocycles. The van der Waals surface area contributed by atoms with Crippen molar-refractivity contribution in [3.8, 4) is 0 Å². The Hall–Kier alpha value is -1.92. The number of hydroxylamine groups is 1. The Labute approximate surface area is 130 Å². The summed E-state index contributed by atoms with van der Waals surface area (Å²) in [6.07, 6.45) is 1.67. The van der Waals surface area contributed by atoms with E-state index in [4.69, 9.17) is 5.21 Å². The minimum atomic E-state index is -0.551. The molecule has 1 atom stereocenters. The molecule has 0 bridgehead atoms. The Kier molecular flexibility index (Phi) is 5.15. The molecule has 1 aromatic rings. The summed E-state index contributed by atoms with van der Waals surface area (Å²) >= 11 is 0. The van der Waals surface area contributed by atoms with Crippen LogP contribution >= 0.6 is 0 Å². The van der Waals surface area contributed by atoms with Gasteiger partial charge < -0.3 is 10.6 Å². The van der Waals surface area contributed by atoms with Gasteiger partial charge in [0.2, 0.25) is 5.91 Å². The van der Waals surface area contributed by atoms with E-state index >= 15 is 0 Å². The van der Waals surface area contributed by atoms with Crippen LogP contribution in [0, 0.1) is 5.41 Å². The molecule has 0 saturated carbocycles. The monoisotopic (exact) mass is 305 g/mol. The highest BCUT2D eigenvalue weighted by atomic mass is 16.5. The molecule has 2 rings (SSSR count). The number of benzene rings is 1. The molecule has 1 heterocycles. The van der Waals surface area contributed by atoms with E-state index in [2.05, 4.69) is 10.6 Å². The van der Waals surface area contributed by atoms with E-state index < -0.39 is 5.91 Å². The molecule has 0 spiro atoms. The Balaban J connectivity index is 2.00. The molecule has 0 aromatic heterocycles. The number of rotatable bonds is 4. The molecule has 1 aliphatic rings. The number of carbonyl (C=O) groups is 2. The van der Waals surface area contributed by atoms with Crippen LogP contribution in [0.4, 0.5) is 0 Å². The molecule has 4 N–H and O–H groups in total. The molecule has 6 heteroatoms. The summed E-state index contributed by atoms with van der Waals surface area (Å²) in [5, 5.41) is 14.9. The molecular weight excluding hydrogens is 282 g/mol. The fourth-order valence-electron chi connectivity index (χ4n) is 2.65. The van der Waals surface area contributed by atoms with Crippen molar-refractivity contribution in [1.29, 1.82) is 0 Å². The lowest BCUT2D eigenvalue weighted by Crippen LogP contribution is -2.46. The number of nitrogens with one attached hydrogen (secondary N) is 3. The van der Waals surface area contributed by atoms with Crippen LogP contribution in [-0.4, -0.2) is 30.1 Å². The lowest BCUT2D eigenvalue weighted by molar-refractivity contribution is -0.132. The molecule has 0 radical (unpaired) electrons. The highest BCUT2D eigenvalue weighted by Crippen LogP contribution is 2.29. The molecule has 1 aliphatic heterocycles. The van der Waals surface area contributed by atoms with Crippen molar-refractivity contribution >= 4 is 11.8 Å². The van der Waals surface area contributed by atoms with Crippen molar-refractivity contribution in [2.24, 2.45) is 5.41 Å². The van der Waals surface area contributed by atoms with Crippen LogP contribution in [0.5, 0.6) is 0 Å². The number of amides is 2. The quantitative estimate of drug-likeness (QED) is 0.499. The van der Waals surface area contributed by atoms with Gasteiger partial charge in [0.25, 0.3) is 5.91 Å². The third kappa shape index (κ3) is 3.64. The summed E-state index contributed by atoms with van der Waals surface area (Å²) in [4.78, 5) is 23.8. The minimum Gasteiger partial charge on any atom is -0.349 e. The molecule has 1 fully saturated rings. The topological polar surface area (TPSA) is 90.5 Å². The average molecular weight is 305 g/mol. The Morgan fingerprint density at radius 2 is 1.82 bits per heavy atom.